The number of carbonyl (C=O) groups excluding carboxylic acids is 1. The van der Waals surface area contributed by atoms with Crippen LogP contribution >= 0.6 is 0 Å². The number of nitrogens with one attached hydrogen (secondary N) is 1. The Morgan fingerprint density at radius 3 is 2.85 bits per heavy atom. The molecule has 27 heavy (non-hydrogen) atoms. The largest absolute Gasteiger partial charge is 0.454 e. The van der Waals surface area contributed by atoms with Crippen LogP contribution in [0.3, 0.4) is 0 Å². The van der Waals surface area contributed by atoms with Gasteiger partial charge in [0.2, 0.25) is 0 Å². The van der Waals surface area contributed by atoms with Crippen LogP contribution in [0.1, 0.15) is 17.3 Å². The summed E-state index contributed by atoms with van der Waals surface area (Å²) in [7, 11) is 0. The van der Waals surface area contributed by atoms with Crippen LogP contribution in [0.2, 0.25) is 0 Å². The summed E-state index contributed by atoms with van der Waals surface area (Å²) in [5.74, 6) is 0.0943. The lowest BCUT2D eigenvalue weighted by Gasteiger charge is -2.10. The molecule has 0 fully saturated rings. The maximum Gasteiger partial charge on any atom is 0.260 e. The molecule has 1 N–H and O–H groups in total. The molecule has 0 bridgehead atoms. The predicted molar refractivity (Wildman–Crippen MR) is 98.5 cm³/mol. The average Bonchev–Trinajstić information content (AvgIpc) is 3.11. The molecular weight excluding hydrogens is 349 g/mol. The standard InChI is InChI=1S/C19H14FN5O2.H2/c1-12-2-3-17(23-8-12)24-19(26)16-7-15(11-25-5-4-22-18(16)25)27-14-6-13(20)9-21-10-14;/h2-11H,1H3,(H,23,24,26);1H. The zero-order valence-corrected chi connectivity index (χ0v) is 14.3. The summed E-state index contributed by atoms with van der Waals surface area (Å²) in [6, 6.07) is 6.32. The van der Waals surface area contributed by atoms with Crippen LogP contribution in [0.25, 0.3) is 5.65 Å². The van der Waals surface area contributed by atoms with Crippen LogP contribution in [0.15, 0.2) is 61.4 Å². The lowest BCUT2D eigenvalue weighted by molar-refractivity contribution is 0.102. The monoisotopic (exact) mass is 365 g/mol. The highest BCUT2D eigenvalue weighted by Gasteiger charge is 2.15. The van der Waals surface area contributed by atoms with Gasteiger partial charge in [0, 0.05) is 26.1 Å². The van der Waals surface area contributed by atoms with Crippen molar-refractivity contribution < 1.29 is 15.3 Å². The number of anilines is 1. The van der Waals surface area contributed by atoms with Crippen LogP contribution in [0, 0.1) is 12.7 Å². The molecule has 4 heterocycles. The number of fused-ring (bicyclic) bond motifs is 1. The SMILES string of the molecule is Cc1ccc(NC(=O)c2cc(Oc3cncc(F)c3)cn3ccnc23)nc1.[HH]. The molecule has 0 unspecified atom stereocenters. The van der Waals surface area contributed by atoms with E-state index < -0.39 is 5.82 Å². The van der Waals surface area contributed by atoms with E-state index in [-0.39, 0.29) is 13.1 Å². The molecule has 7 nitrogen and oxygen atoms in total. The fourth-order valence-electron chi connectivity index (χ4n) is 2.54. The third-order valence-electron chi connectivity index (χ3n) is 3.78. The van der Waals surface area contributed by atoms with Gasteiger partial charge >= 0.3 is 0 Å². The molecule has 0 aliphatic heterocycles. The molecule has 136 valence electrons. The van der Waals surface area contributed by atoms with Gasteiger partial charge in [-0.1, -0.05) is 6.07 Å². The molecule has 0 aliphatic rings. The molecule has 1 amide bonds. The highest BCUT2D eigenvalue weighted by atomic mass is 19.1. The van der Waals surface area contributed by atoms with Gasteiger partial charge in [-0.2, -0.15) is 0 Å². The van der Waals surface area contributed by atoms with E-state index in [2.05, 4.69) is 20.3 Å². The zero-order valence-electron chi connectivity index (χ0n) is 14.3. The van der Waals surface area contributed by atoms with Crippen molar-refractivity contribution in [1.29, 1.82) is 0 Å². The summed E-state index contributed by atoms with van der Waals surface area (Å²) >= 11 is 0. The molecule has 0 aliphatic carbocycles. The highest BCUT2D eigenvalue weighted by molar-refractivity contribution is 6.08. The van der Waals surface area contributed by atoms with E-state index in [9.17, 15) is 9.18 Å². The molecular formula is C19H16FN5O2. The number of amides is 1. The lowest BCUT2D eigenvalue weighted by atomic mass is 10.2. The number of halogens is 1. The Balaban J connectivity index is 0.00000225. The number of pyridine rings is 3. The zero-order chi connectivity index (χ0) is 18.8. The summed E-state index contributed by atoms with van der Waals surface area (Å²) in [6.45, 7) is 1.91. The summed E-state index contributed by atoms with van der Waals surface area (Å²) in [6.07, 6.45) is 9.04. The molecule has 0 spiro atoms. The topological polar surface area (TPSA) is 81.4 Å². The second-order valence-corrected chi connectivity index (χ2v) is 5.86. The van der Waals surface area contributed by atoms with Crippen LogP contribution in [-0.2, 0) is 0 Å². The van der Waals surface area contributed by atoms with Gasteiger partial charge in [-0.05, 0) is 24.6 Å². The summed E-state index contributed by atoms with van der Waals surface area (Å²) in [5.41, 5.74) is 1.75. The molecule has 0 saturated carbocycles. The molecule has 0 aromatic carbocycles. The van der Waals surface area contributed by atoms with E-state index >= 15 is 0 Å². The number of imidazole rings is 1. The van der Waals surface area contributed by atoms with Gasteiger partial charge in [-0.15, -0.1) is 0 Å². The molecule has 4 rings (SSSR count). The third-order valence-corrected chi connectivity index (χ3v) is 3.78. The predicted octanol–water partition coefficient (Wildman–Crippen LogP) is 3.86. The van der Waals surface area contributed by atoms with Crippen molar-refractivity contribution >= 4 is 17.4 Å². The summed E-state index contributed by atoms with van der Waals surface area (Å²) < 4.78 is 20.6. The van der Waals surface area contributed by atoms with Crippen LogP contribution < -0.4 is 10.1 Å². The maximum atomic E-state index is 13.3. The van der Waals surface area contributed by atoms with Crippen LogP contribution in [0.4, 0.5) is 10.2 Å². The summed E-state index contributed by atoms with van der Waals surface area (Å²) in [5, 5.41) is 2.74. The first-order valence-corrected chi connectivity index (χ1v) is 8.07. The molecule has 0 atom stereocenters. The molecule has 0 radical (unpaired) electrons. The Labute approximate surface area is 155 Å². The quantitative estimate of drug-likeness (QED) is 0.594. The minimum absolute atomic E-state index is 0. The van der Waals surface area contributed by atoms with E-state index in [1.54, 1.807) is 35.3 Å². The van der Waals surface area contributed by atoms with E-state index in [1.807, 2.05) is 13.0 Å². The van der Waals surface area contributed by atoms with Gasteiger partial charge in [0.15, 0.2) is 0 Å². The number of aromatic nitrogens is 4. The van der Waals surface area contributed by atoms with E-state index in [0.29, 0.717) is 22.8 Å². The minimum atomic E-state index is -0.514. The first-order valence-electron chi connectivity index (χ1n) is 8.07. The highest BCUT2D eigenvalue weighted by Crippen LogP contribution is 2.24. The second-order valence-electron chi connectivity index (χ2n) is 5.86. The summed E-state index contributed by atoms with van der Waals surface area (Å²) in [4.78, 5) is 24.9. The third kappa shape index (κ3) is 3.59. The van der Waals surface area contributed by atoms with Crippen molar-refractivity contribution in [3.8, 4) is 11.5 Å². The molecule has 8 heteroatoms. The molecule has 4 aromatic heterocycles. The van der Waals surface area contributed by atoms with E-state index in [0.717, 1.165) is 11.8 Å². The maximum absolute atomic E-state index is 13.3. The van der Waals surface area contributed by atoms with Crippen molar-refractivity contribution in [2.75, 3.05) is 5.32 Å². The van der Waals surface area contributed by atoms with Crippen molar-refractivity contribution in [1.82, 2.24) is 19.4 Å². The molecule has 4 aromatic rings. The lowest BCUT2D eigenvalue weighted by Crippen LogP contribution is -2.14. The second kappa shape index (κ2) is 6.83. The fourth-order valence-corrected chi connectivity index (χ4v) is 2.54. The van der Waals surface area contributed by atoms with Gasteiger partial charge in [0.1, 0.15) is 28.8 Å². The van der Waals surface area contributed by atoms with Crippen molar-refractivity contribution in [2.24, 2.45) is 0 Å². The number of hydrogen-bond donors (Lipinski definition) is 1. The first kappa shape index (κ1) is 16.6. The van der Waals surface area contributed by atoms with Gasteiger partial charge in [-0.25, -0.2) is 14.4 Å². The van der Waals surface area contributed by atoms with Crippen molar-refractivity contribution in [3.63, 3.8) is 0 Å². The minimum Gasteiger partial charge on any atom is -0.454 e. The number of nitrogens with zero attached hydrogens (tertiary/aromatic N) is 4. The Morgan fingerprint density at radius 2 is 2.07 bits per heavy atom. The van der Waals surface area contributed by atoms with Crippen molar-refractivity contribution in [3.05, 3.63) is 78.4 Å². The Kier molecular flexibility index (Phi) is 4.21. The molecule has 0 saturated heterocycles. The van der Waals surface area contributed by atoms with Gasteiger partial charge < -0.3 is 14.5 Å². The Bertz CT molecular complexity index is 1130. The Morgan fingerprint density at radius 1 is 1.19 bits per heavy atom. The van der Waals surface area contributed by atoms with Crippen LogP contribution in [-0.4, -0.2) is 25.3 Å². The van der Waals surface area contributed by atoms with Crippen LogP contribution in [0.5, 0.6) is 11.5 Å². The average molecular weight is 365 g/mol. The Hall–Kier alpha value is -3.81. The number of rotatable bonds is 4. The number of hydrogen-bond acceptors (Lipinski definition) is 5. The number of aryl methyl sites for hydroxylation is 1. The van der Waals surface area contributed by atoms with Gasteiger partial charge in [-0.3, -0.25) is 9.78 Å². The number of ether oxygens (including phenoxy) is 1. The van der Waals surface area contributed by atoms with E-state index in [4.69, 9.17) is 4.74 Å². The van der Waals surface area contributed by atoms with Gasteiger partial charge in [0.05, 0.1) is 24.2 Å². The first-order chi connectivity index (χ1) is 13.1. The van der Waals surface area contributed by atoms with Gasteiger partial charge in [0.25, 0.3) is 5.91 Å². The fraction of sp³-hybridized carbons (Fsp3) is 0.0526. The normalized spacial score (nSPS) is 10.7. The number of carbonyl (C=O) groups is 1. The van der Waals surface area contributed by atoms with Crippen molar-refractivity contribution in [2.45, 2.75) is 6.92 Å². The van der Waals surface area contributed by atoms with E-state index in [1.165, 1.54) is 18.3 Å². The smallest absolute Gasteiger partial charge is 0.260 e.